The monoisotopic (exact) mass is 221 g/mol. The fraction of sp³-hybridized carbons (Fsp3) is 0.333. The lowest BCUT2D eigenvalue weighted by Gasteiger charge is -2.13. The average Bonchev–Trinajstić information content (AvgIpc) is 2.35. The van der Waals surface area contributed by atoms with Crippen LogP contribution in [-0.4, -0.2) is 25.2 Å². The van der Waals surface area contributed by atoms with Crippen LogP contribution >= 0.6 is 0 Å². The van der Waals surface area contributed by atoms with Gasteiger partial charge in [-0.05, 0) is 18.1 Å². The average molecular weight is 221 g/mol. The number of hydrogen-bond acceptors (Lipinski definition) is 4. The number of nitrogens with zero attached hydrogens (tertiary/aromatic N) is 1. The molecule has 0 amide bonds. The van der Waals surface area contributed by atoms with E-state index in [-0.39, 0.29) is 11.9 Å². The first-order chi connectivity index (χ1) is 7.63. The van der Waals surface area contributed by atoms with Crippen LogP contribution in [0, 0.1) is 0 Å². The van der Waals surface area contributed by atoms with E-state index >= 15 is 0 Å². The van der Waals surface area contributed by atoms with Crippen LogP contribution in [0.5, 0.6) is 5.88 Å². The van der Waals surface area contributed by atoms with Crippen molar-refractivity contribution in [1.82, 2.24) is 4.98 Å². The van der Waals surface area contributed by atoms with Crippen molar-refractivity contribution in [2.24, 2.45) is 0 Å². The minimum atomic E-state index is -0.366. The molecule has 0 saturated heterocycles. The Hall–Kier alpha value is -1.84. The zero-order valence-corrected chi connectivity index (χ0v) is 9.69. The number of methoxy groups -OCH3 is 2. The number of pyridine rings is 1. The highest BCUT2D eigenvalue weighted by Crippen LogP contribution is 2.24. The first-order valence-electron chi connectivity index (χ1n) is 4.88. The van der Waals surface area contributed by atoms with E-state index in [4.69, 9.17) is 9.47 Å². The third-order valence-corrected chi connectivity index (χ3v) is 2.39. The molecular formula is C12H15NO3. The Balaban J connectivity index is 3.17. The fourth-order valence-electron chi connectivity index (χ4n) is 1.42. The van der Waals surface area contributed by atoms with Gasteiger partial charge in [-0.15, -0.1) is 0 Å². The molecule has 4 heteroatoms. The molecule has 0 aliphatic carbocycles. The summed E-state index contributed by atoms with van der Waals surface area (Å²) in [4.78, 5) is 15.5. The van der Waals surface area contributed by atoms with Gasteiger partial charge in [-0.3, -0.25) is 4.79 Å². The summed E-state index contributed by atoms with van der Waals surface area (Å²) in [5, 5.41) is 0. The van der Waals surface area contributed by atoms with Crippen LogP contribution in [0.4, 0.5) is 0 Å². The molecule has 0 aliphatic heterocycles. The fourth-order valence-corrected chi connectivity index (χ4v) is 1.42. The van der Waals surface area contributed by atoms with Gasteiger partial charge in [0.25, 0.3) is 0 Å². The zero-order valence-electron chi connectivity index (χ0n) is 9.69. The van der Waals surface area contributed by atoms with Crippen LogP contribution < -0.4 is 4.74 Å². The Morgan fingerprint density at radius 1 is 1.56 bits per heavy atom. The number of rotatable bonds is 4. The first-order valence-corrected chi connectivity index (χ1v) is 4.88. The van der Waals surface area contributed by atoms with Crippen molar-refractivity contribution in [3.05, 3.63) is 30.0 Å². The van der Waals surface area contributed by atoms with Gasteiger partial charge < -0.3 is 9.47 Å². The van der Waals surface area contributed by atoms with Crippen LogP contribution in [0.15, 0.2) is 18.8 Å². The molecule has 1 aromatic rings. The number of hydrogen-bond donors (Lipinski definition) is 0. The van der Waals surface area contributed by atoms with Gasteiger partial charge in [0, 0.05) is 12.3 Å². The van der Waals surface area contributed by atoms with Gasteiger partial charge >= 0.3 is 5.97 Å². The second-order valence-corrected chi connectivity index (χ2v) is 3.30. The van der Waals surface area contributed by atoms with E-state index in [9.17, 15) is 4.79 Å². The molecule has 86 valence electrons. The highest BCUT2D eigenvalue weighted by atomic mass is 16.5. The van der Waals surface area contributed by atoms with Gasteiger partial charge in [0.2, 0.25) is 5.88 Å². The lowest BCUT2D eigenvalue weighted by molar-refractivity contribution is -0.141. The molecule has 1 aromatic heterocycles. The second kappa shape index (κ2) is 5.30. The Morgan fingerprint density at radius 2 is 2.25 bits per heavy atom. The Bertz CT molecular complexity index is 401. The molecule has 0 aliphatic rings. The largest absolute Gasteiger partial charge is 0.481 e. The van der Waals surface area contributed by atoms with Crippen LogP contribution in [0.25, 0.3) is 6.08 Å². The smallest absolute Gasteiger partial charge is 0.312 e. The van der Waals surface area contributed by atoms with Crippen LogP contribution in [0.1, 0.15) is 24.0 Å². The SMILES string of the molecule is C=Cc1cnc(OC)cc1C(C)C(=O)OC. The molecule has 0 N–H and O–H groups in total. The van der Waals surface area contributed by atoms with Crippen molar-refractivity contribution in [2.75, 3.05) is 14.2 Å². The van der Waals surface area contributed by atoms with Crippen molar-refractivity contribution in [1.29, 1.82) is 0 Å². The minimum Gasteiger partial charge on any atom is -0.481 e. The normalized spacial score (nSPS) is 11.7. The summed E-state index contributed by atoms with van der Waals surface area (Å²) in [6, 6.07) is 1.72. The van der Waals surface area contributed by atoms with Crippen LogP contribution in [-0.2, 0) is 9.53 Å². The highest BCUT2D eigenvalue weighted by Gasteiger charge is 2.19. The van der Waals surface area contributed by atoms with E-state index in [1.807, 2.05) is 0 Å². The lowest BCUT2D eigenvalue weighted by Crippen LogP contribution is -2.12. The molecule has 0 spiro atoms. The zero-order chi connectivity index (χ0) is 12.1. The van der Waals surface area contributed by atoms with E-state index in [1.165, 1.54) is 14.2 Å². The van der Waals surface area contributed by atoms with Gasteiger partial charge in [-0.25, -0.2) is 4.98 Å². The minimum absolute atomic E-state index is 0.295. The summed E-state index contributed by atoms with van der Waals surface area (Å²) in [5.41, 5.74) is 1.60. The van der Waals surface area contributed by atoms with Gasteiger partial charge in [0.15, 0.2) is 0 Å². The van der Waals surface area contributed by atoms with Crippen LogP contribution in [0.3, 0.4) is 0 Å². The van der Waals surface area contributed by atoms with E-state index in [0.29, 0.717) is 5.88 Å². The van der Waals surface area contributed by atoms with E-state index in [2.05, 4.69) is 11.6 Å². The highest BCUT2D eigenvalue weighted by molar-refractivity contribution is 5.79. The summed E-state index contributed by atoms with van der Waals surface area (Å²) < 4.78 is 9.73. The van der Waals surface area contributed by atoms with E-state index < -0.39 is 0 Å². The molecule has 1 atom stereocenters. The van der Waals surface area contributed by atoms with Crippen molar-refractivity contribution in [2.45, 2.75) is 12.8 Å². The van der Waals surface area contributed by atoms with Crippen molar-refractivity contribution in [3.8, 4) is 5.88 Å². The number of aromatic nitrogens is 1. The van der Waals surface area contributed by atoms with Gasteiger partial charge in [0.05, 0.1) is 20.1 Å². The molecule has 16 heavy (non-hydrogen) atoms. The molecule has 0 aromatic carbocycles. The molecular weight excluding hydrogens is 206 g/mol. The third kappa shape index (κ3) is 2.39. The molecule has 0 bridgehead atoms. The van der Waals surface area contributed by atoms with Gasteiger partial charge in [-0.2, -0.15) is 0 Å². The van der Waals surface area contributed by atoms with Crippen LogP contribution in [0.2, 0.25) is 0 Å². The van der Waals surface area contributed by atoms with E-state index in [0.717, 1.165) is 11.1 Å². The van der Waals surface area contributed by atoms with Gasteiger partial charge in [0.1, 0.15) is 0 Å². The quantitative estimate of drug-likeness (QED) is 0.730. The summed E-state index contributed by atoms with van der Waals surface area (Å²) in [7, 11) is 2.90. The summed E-state index contributed by atoms with van der Waals surface area (Å²) in [5.74, 6) is -0.192. The van der Waals surface area contributed by atoms with Crippen molar-refractivity contribution >= 4 is 12.0 Å². The Labute approximate surface area is 94.9 Å². The maximum atomic E-state index is 11.5. The molecule has 0 saturated carbocycles. The summed E-state index contributed by atoms with van der Waals surface area (Å²) in [6.45, 7) is 5.45. The standard InChI is InChI=1S/C12H15NO3/c1-5-9-7-13-11(15-3)6-10(9)8(2)12(14)16-4/h5-8H,1H2,2-4H3. The Morgan fingerprint density at radius 3 is 2.75 bits per heavy atom. The number of carbonyl (C=O) groups excluding carboxylic acids is 1. The number of carbonyl (C=O) groups is 1. The maximum absolute atomic E-state index is 11.5. The molecule has 0 radical (unpaired) electrons. The maximum Gasteiger partial charge on any atom is 0.312 e. The molecule has 1 unspecified atom stereocenters. The van der Waals surface area contributed by atoms with Gasteiger partial charge in [-0.1, -0.05) is 12.7 Å². The third-order valence-electron chi connectivity index (χ3n) is 2.39. The Kier molecular flexibility index (Phi) is 4.05. The predicted octanol–water partition coefficient (Wildman–Crippen LogP) is 2.01. The predicted molar refractivity (Wildman–Crippen MR) is 61.3 cm³/mol. The molecule has 4 nitrogen and oxygen atoms in total. The summed E-state index contributed by atoms with van der Waals surface area (Å²) in [6.07, 6.45) is 3.28. The van der Waals surface area contributed by atoms with Crippen molar-refractivity contribution in [3.63, 3.8) is 0 Å². The first kappa shape index (κ1) is 12.2. The lowest BCUT2D eigenvalue weighted by atomic mass is 9.97. The second-order valence-electron chi connectivity index (χ2n) is 3.30. The molecule has 1 rings (SSSR count). The topological polar surface area (TPSA) is 48.4 Å². The summed E-state index contributed by atoms with van der Waals surface area (Å²) >= 11 is 0. The van der Waals surface area contributed by atoms with Crippen molar-refractivity contribution < 1.29 is 14.3 Å². The van der Waals surface area contributed by atoms with E-state index in [1.54, 1.807) is 25.3 Å². The number of esters is 1. The molecule has 0 fully saturated rings. The molecule has 1 heterocycles. The number of ether oxygens (including phenoxy) is 2.